The first-order valence-corrected chi connectivity index (χ1v) is 11.3. The van der Waals surface area contributed by atoms with E-state index in [0.29, 0.717) is 17.9 Å². The van der Waals surface area contributed by atoms with Crippen molar-refractivity contribution in [1.29, 1.82) is 0 Å². The first kappa shape index (κ1) is 25.1. The molecule has 0 spiro atoms. The van der Waals surface area contributed by atoms with Gasteiger partial charge in [-0.15, -0.1) is 0 Å². The van der Waals surface area contributed by atoms with Gasteiger partial charge in [-0.3, -0.25) is 0 Å². The van der Waals surface area contributed by atoms with Crippen molar-refractivity contribution in [3.63, 3.8) is 0 Å². The van der Waals surface area contributed by atoms with E-state index in [2.05, 4.69) is 0 Å². The number of aliphatic hydroxyl groups is 5. The van der Waals surface area contributed by atoms with Crippen LogP contribution in [-0.4, -0.2) is 62.7 Å². The van der Waals surface area contributed by atoms with Gasteiger partial charge in [0.25, 0.3) is 0 Å². The number of hydrogen-bond donors (Lipinski definition) is 5. The van der Waals surface area contributed by atoms with E-state index in [9.17, 15) is 38.7 Å². The Morgan fingerprint density at radius 3 is 2.15 bits per heavy atom. The number of halogens is 3. The lowest BCUT2D eigenvalue weighted by molar-refractivity contribution is -0.258. The molecular weight excluding hydrogens is 453 g/mol. The summed E-state index contributed by atoms with van der Waals surface area (Å²) in [4.78, 5) is 0. The maximum Gasteiger partial charge on any atom is 0.421 e. The van der Waals surface area contributed by atoms with E-state index < -0.39 is 48.9 Å². The normalized spacial score (nSPS) is 29.6. The molecule has 1 saturated heterocycles. The largest absolute Gasteiger partial charge is 0.421 e. The van der Waals surface area contributed by atoms with Crippen molar-refractivity contribution < 1.29 is 43.4 Å². The van der Waals surface area contributed by atoms with E-state index >= 15 is 0 Å². The van der Waals surface area contributed by atoms with Gasteiger partial charge in [0.2, 0.25) is 0 Å². The standard InChI is InChI=1S/C25H29F3O6/c1-24(33,25(26,27)28)17-7-2-13(3-8-17)10-16-11-15(6-9-18(16)14-4-5-14)23-22(32)21(31)20(30)19(12-29)34-23/h2-3,6-9,11,14,19-23,29-33H,4-5,10,12H2,1H3/t19-,20-,21+,22-,23+,24?/m1/s1. The minimum Gasteiger partial charge on any atom is -0.394 e. The van der Waals surface area contributed by atoms with Gasteiger partial charge in [-0.25, -0.2) is 0 Å². The summed E-state index contributed by atoms with van der Waals surface area (Å²) in [6.07, 6.45) is -8.67. The Morgan fingerprint density at radius 2 is 1.59 bits per heavy atom. The van der Waals surface area contributed by atoms with Crippen molar-refractivity contribution in [2.45, 2.75) is 74.4 Å². The Labute approximate surface area is 195 Å². The van der Waals surface area contributed by atoms with Crippen LogP contribution in [0.3, 0.4) is 0 Å². The molecule has 5 N–H and O–H groups in total. The molecule has 2 aliphatic rings. The van der Waals surface area contributed by atoms with Crippen LogP contribution >= 0.6 is 0 Å². The molecule has 2 aromatic rings. The topological polar surface area (TPSA) is 110 Å². The molecule has 0 radical (unpaired) electrons. The fourth-order valence-electron chi connectivity index (χ4n) is 4.46. The average Bonchev–Trinajstić information content (AvgIpc) is 3.63. The molecular formula is C25H29F3O6. The Balaban J connectivity index is 1.62. The number of aliphatic hydroxyl groups excluding tert-OH is 4. The Morgan fingerprint density at radius 1 is 0.941 bits per heavy atom. The predicted molar refractivity (Wildman–Crippen MR) is 116 cm³/mol. The highest BCUT2D eigenvalue weighted by Gasteiger charge is 2.51. The third kappa shape index (κ3) is 4.73. The molecule has 6 atom stereocenters. The number of hydrogen-bond acceptors (Lipinski definition) is 6. The van der Waals surface area contributed by atoms with Gasteiger partial charge in [0.1, 0.15) is 30.5 Å². The average molecular weight is 482 g/mol. The van der Waals surface area contributed by atoms with Gasteiger partial charge in [0, 0.05) is 0 Å². The number of alkyl halides is 3. The molecule has 6 nitrogen and oxygen atoms in total. The molecule has 9 heteroatoms. The van der Waals surface area contributed by atoms with Gasteiger partial charge < -0.3 is 30.3 Å². The van der Waals surface area contributed by atoms with Gasteiger partial charge in [0.05, 0.1) is 6.61 Å². The Bertz CT molecular complexity index is 1000. The second kappa shape index (κ2) is 9.22. The zero-order valence-electron chi connectivity index (χ0n) is 18.6. The van der Waals surface area contributed by atoms with Crippen LogP contribution in [0.1, 0.15) is 59.6 Å². The van der Waals surface area contributed by atoms with Crippen molar-refractivity contribution in [3.8, 4) is 0 Å². The lowest BCUT2D eigenvalue weighted by Gasteiger charge is -2.40. The van der Waals surface area contributed by atoms with E-state index in [1.807, 2.05) is 12.1 Å². The maximum absolute atomic E-state index is 13.1. The van der Waals surface area contributed by atoms with Gasteiger partial charge in [-0.2, -0.15) is 13.2 Å². The van der Waals surface area contributed by atoms with Crippen LogP contribution in [0.15, 0.2) is 42.5 Å². The minimum absolute atomic E-state index is 0.249. The number of benzene rings is 2. The Hall–Kier alpha value is -2.01. The van der Waals surface area contributed by atoms with Crippen LogP contribution in [0.25, 0.3) is 0 Å². The van der Waals surface area contributed by atoms with E-state index in [-0.39, 0.29) is 5.56 Å². The molecule has 0 bridgehead atoms. The van der Waals surface area contributed by atoms with E-state index in [0.717, 1.165) is 36.5 Å². The van der Waals surface area contributed by atoms with Gasteiger partial charge in [-0.1, -0.05) is 42.5 Å². The fraction of sp³-hybridized carbons (Fsp3) is 0.520. The number of ether oxygens (including phenoxy) is 1. The molecule has 1 unspecified atom stereocenters. The van der Waals surface area contributed by atoms with Crippen LogP contribution in [0.5, 0.6) is 0 Å². The van der Waals surface area contributed by atoms with Crippen molar-refractivity contribution in [2.75, 3.05) is 6.61 Å². The van der Waals surface area contributed by atoms with E-state index in [1.54, 1.807) is 18.2 Å². The molecule has 2 aromatic carbocycles. The quantitative estimate of drug-likeness (QED) is 0.433. The highest BCUT2D eigenvalue weighted by molar-refractivity contribution is 5.42. The second-order valence-corrected chi connectivity index (χ2v) is 9.43. The molecule has 0 aromatic heterocycles. The van der Waals surface area contributed by atoms with Gasteiger partial charge >= 0.3 is 6.18 Å². The summed E-state index contributed by atoms with van der Waals surface area (Å²) in [6, 6.07) is 11.2. The third-order valence-electron chi connectivity index (χ3n) is 6.87. The molecule has 2 fully saturated rings. The molecule has 34 heavy (non-hydrogen) atoms. The summed E-state index contributed by atoms with van der Waals surface area (Å²) in [7, 11) is 0. The van der Waals surface area contributed by atoms with Crippen LogP contribution in [-0.2, 0) is 16.8 Å². The van der Waals surface area contributed by atoms with E-state index in [1.165, 1.54) is 12.1 Å². The first-order chi connectivity index (χ1) is 15.9. The summed E-state index contributed by atoms with van der Waals surface area (Å²) in [6.45, 7) is 0.194. The summed E-state index contributed by atoms with van der Waals surface area (Å²) < 4.78 is 45.1. The Kier molecular flexibility index (Phi) is 6.80. The molecule has 186 valence electrons. The predicted octanol–water partition coefficient (Wildman–Crippen LogP) is 2.44. The third-order valence-corrected chi connectivity index (χ3v) is 6.87. The second-order valence-electron chi connectivity index (χ2n) is 9.43. The van der Waals surface area contributed by atoms with Crippen molar-refractivity contribution in [2.24, 2.45) is 0 Å². The lowest BCUT2D eigenvalue weighted by atomic mass is 9.87. The monoisotopic (exact) mass is 482 g/mol. The molecule has 1 heterocycles. The summed E-state index contributed by atoms with van der Waals surface area (Å²) >= 11 is 0. The number of rotatable bonds is 6. The maximum atomic E-state index is 13.1. The van der Waals surface area contributed by atoms with Crippen LogP contribution in [0.2, 0.25) is 0 Å². The molecule has 0 amide bonds. The van der Waals surface area contributed by atoms with Crippen molar-refractivity contribution >= 4 is 0 Å². The zero-order valence-corrected chi connectivity index (χ0v) is 18.6. The van der Waals surface area contributed by atoms with Crippen molar-refractivity contribution in [3.05, 3.63) is 70.3 Å². The molecule has 1 saturated carbocycles. The van der Waals surface area contributed by atoms with Crippen molar-refractivity contribution in [1.82, 2.24) is 0 Å². The molecule has 1 aliphatic carbocycles. The van der Waals surface area contributed by atoms with Crippen LogP contribution in [0, 0.1) is 0 Å². The van der Waals surface area contributed by atoms with Crippen LogP contribution in [0.4, 0.5) is 13.2 Å². The smallest absolute Gasteiger partial charge is 0.394 e. The highest BCUT2D eigenvalue weighted by atomic mass is 19.4. The fourth-order valence-corrected chi connectivity index (χ4v) is 4.46. The highest BCUT2D eigenvalue weighted by Crippen LogP contribution is 2.44. The van der Waals surface area contributed by atoms with E-state index in [4.69, 9.17) is 4.74 Å². The first-order valence-electron chi connectivity index (χ1n) is 11.3. The minimum atomic E-state index is -4.80. The summed E-state index contributed by atoms with van der Waals surface area (Å²) in [5.41, 5.74) is 0.115. The summed E-state index contributed by atoms with van der Waals surface area (Å²) in [5, 5.41) is 50.0. The molecule has 4 rings (SSSR count). The van der Waals surface area contributed by atoms with Gasteiger partial charge in [-0.05, 0) is 59.9 Å². The molecule has 1 aliphatic heterocycles. The SMILES string of the molecule is CC(O)(c1ccc(Cc2cc([C@@H]3O[C@H](CO)[C@@H](O)[C@H](O)[C@H]3O)ccc2C2CC2)cc1)C(F)(F)F. The lowest BCUT2D eigenvalue weighted by Crippen LogP contribution is -2.55. The summed E-state index contributed by atoms with van der Waals surface area (Å²) in [5.74, 6) is 0.379. The van der Waals surface area contributed by atoms with Gasteiger partial charge in [0.15, 0.2) is 5.60 Å². The van der Waals surface area contributed by atoms with Crippen LogP contribution < -0.4 is 0 Å². The zero-order chi connectivity index (χ0) is 24.8.